The standard InChI is InChI=1S/C10H17N3O2/c1-4-8-11-9(5-10(15)12-8)13(3)6-7(2)14/h5,7,14H,4,6H2,1-3H3,(H,11,12,15). The molecule has 5 nitrogen and oxygen atoms in total. The van der Waals surface area contributed by atoms with E-state index >= 15 is 0 Å². The zero-order valence-electron chi connectivity index (χ0n) is 9.32. The van der Waals surface area contributed by atoms with E-state index in [1.807, 2.05) is 6.92 Å². The van der Waals surface area contributed by atoms with Gasteiger partial charge in [0.05, 0.1) is 6.10 Å². The van der Waals surface area contributed by atoms with E-state index < -0.39 is 6.10 Å². The lowest BCUT2D eigenvalue weighted by Crippen LogP contribution is -2.29. The molecule has 1 rings (SSSR count). The summed E-state index contributed by atoms with van der Waals surface area (Å²) >= 11 is 0. The SMILES string of the molecule is CCc1nc(N(C)CC(C)O)cc(=O)[nH]1. The van der Waals surface area contributed by atoms with E-state index in [1.165, 1.54) is 6.07 Å². The van der Waals surface area contributed by atoms with Crippen LogP contribution in [0.4, 0.5) is 5.82 Å². The minimum Gasteiger partial charge on any atom is -0.392 e. The fourth-order valence-electron chi connectivity index (χ4n) is 1.35. The van der Waals surface area contributed by atoms with Crippen molar-refractivity contribution in [1.29, 1.82) is 0 Å². The Kier molecular flexibility index (Phi) is 3.85. The van der Waals surface area contributed by atoms with Gasteiger partial charge in [0, 0.05) is 26.1 Å². The summed E-state index contributed by atoms with van der Waals surface area (Å²) in [5.41, 5.74) is -0.158. The number of aliphatic hydroxyl groups is 1. The van der Waals surface area contributed by atoms with Crippen LogP contribution in [0.1, 0.15) is 19.7 Å². The average Bonchev–Trinajstić information content (AvgIpc) is 2.15. The molecule has 5 heteroatoms. The number of nitrogens with zero attached hydrogens (tertiary/aromatic N) is 2. The van der Waals surface area contributed by atoms with Gasteiger partial charge in [0.1, 0.15) is 11.6 Å². The van der Waals surface area contributed by atoms with Gasteiger partial charge in [0.2, 0.25) is 0 Å². The predicted molar refractivity (Wildman–Crippen MR) is 59.2 cm³/mol. The summed E-state index contributed by atoms with van der Waals surface area (Å²) in [6.45, 7) is 4.08. The molecular weight excluding hydrogens is 194 g/mol. The number of aromatic amines is 1. The van der Waals surface area contributed by atoms with Crippen LogP contribution in [0.5, 0.6) is 0 Å². The molecule has 84 valence electrons. The quantitative estimate of drug-likeness (QED) is 0.743. The molecule has 1 unspecified atom stereocenters. The highest BCUT2D eigenvalue weighted by atomic mass is 16.3. The zero-order valence-corrected chi connectivity index (χ0v) is 9.32. The van der Waals surface area contributed by atoms with E-state index in [2.05, 4.69) is 9.97 Å². The molecule has 0 aliphatic carbocycles. The van der Waals surface area contributed by atoms with Crippen LogP contribution in [0, 0.1) is 0 Å². The molecule has 0 spiro atoms. The first-order valence-electron chi connectivity index (χ1n) is 5.02. The summed E-state index contributed by atoms with van der Waals surface area (Å²) in [4.78, 5) is 20.0. The first-order valence-corrected chi connectivity index (χ1v) is 5.02. The highest BCUT2D eigenvalue weighted by Crippen LogP contribution is 2.06. The number of nitrogens with one attached hydrogen (secondary N) is 1. The lowest BCUT2D eigenvalue weighted by atomic mass is 10.3. The number of hydrogen-bond acceptors (Lipinski definition) is 4. The highest BCUT2D eigenvalue weighted by molar-refractivity contribution is 5.36. The molecule has 0 amide bonds. The van der Waals surface area contributed by atoms with E-state index in [4.69, 9.17) is 0 Å². The van der Waals surface area contributed by atoms with Gasteiger partial charge >= 0.3 is 0 Å². The van der Waals surface area contributed by atoms with Crippen LogP contribution in [-0.2, 0) is 6.42 Å². The van der Waals surface area contributed by atoms with Crippen molar-refractivity contribution >= 4 is 5.82 Å². The third-order valence-electron chi connectivity index (χ3n) is 2.04. The van der Waals surface area contributed by atoms with Gasteiger partial charge in [-0.25, -0.2) is 4.98 Å². The van der Waals surface area contributed by atoms with E-state index in [-0.39, 0.29) is 5.56 Å². The number of aromatic nitrogens is 2. The molecule has 2 N–H and O–H groups in total. The van der Waals surface area contributed by atoms with E-state index in [9.17, 15) is 9.90 Å². The van der Waals surface area contributed by atoms with Gasteiger partial charge in [-0.05, 0) is 6.92 Å². The number of aliphatic hydroxyl groups excluding tert-OH is 1. The summed E-state index contributed by atoms with van der Waals surface area (Å²) in [6, 6.07) is 1.43. The first-order chi connectivity index (χ1) is 7.02. The molecule has 0 saturated heterocycles. The molecule has 1 aromatic rings. The fourth-order valence-corrected chi connectivity index (χ4v) is 1.35. The average molecular weight is 211 g/mol. The smallest absolute Gasteiger partial charge is 0.252 e. The van der Waals surface area contributed by atoms with Crippen molar-refractivity contribution in [2.24, 2.45) is 0 Å². The summed E-state index contributed by atoms with van der Waals surface area (Å²) < 4.78 is 0. The van der Waals surface area contributed by atoms with Crippen molar-refractivity contribution < 1.29 is 5.11 Å². The number of rotatable bonds is 4. The minimum atomic E-state index is -0.443. The molecule has 0 aliphatic heterocycles. The lowest BCUT2D eigenvalue weighted by Gasteiger charge is -2.19. The third kappa shape index (κ3) is 3.36. The predicted octanol–water partition coefficient (Wildman–Crippen LogP) is 0.149. The van der Waals surface area contributed by atoms with Crippen LogP contribution >= 0.6 is 0 Å². The topological polar surface area (TPSA) is 69.2 Å². The summed E-state index contributed by atoms with van der Waals surface area (Å²) in [5.74, 6) is 1.26. The molecule has 15 heavy (non-hydrogen) atoms. The maximum Gasteiger partial charge on any atom is 0.252 e. The Morgan fingerprint density at radius 3 is 2.87 bits per heavy atom. The van der Waals surface area contributed by atoms with Crippen LogP contribution in [0.25, 0.3) is 0 Å². The Hall–Kier alpha value is -1.36. The van der Waals surface area contributed by atoms with Gasteiger partial charge in [-0.1, -0.05) is 6.92 Å². The van der Waals surface area contributed by atoms with Gasteiger partial charge in [-0.15, -0.1) is 0 Å². The molecule has 0 fully saturated rings. The number of likely N-dealkylation sites (N-methyl/N-ethyl adjacent to an activating group) is 1. The molecule has 0 radical (unpaired) electrons. The Balaban J connectivity index is 2.93. The Labute approximate surface area is 88.8 Å². The molecule has 1 aromatic heterocycles. The van der Waals surface area contributed by atoms with Crippen LogP contribution in [-0.4, -0.2) is 34.8 Å². The maximum absolute atomic E-state index is 11.3. The van der Waals surface area contributed by atoms with E-state index in [0.29, 0.717) is 24.6 Å². The largest absolute Gasteiger partial charge is 0.392 e. The lowest BCUT2D eigenvalue weighted by molar-refractivity contribution is 0.201. The monoisotopic (exact) mass is 211 g/mol. The van der Waals surface area contributed by atoms with Gasteiger partial charge in [-0.3, -0.25) is 4.79 Å². The molecule has 1 atom stereocenters. The van der Waals surface area contributed by atoms with Crippen LogP contribution in [0.2, 0.25) is 0 Å². The number of anilines is 1. The maximum atomic E-state index is 11.3. The third-order valence-corrected chi connectivity index (χ3v) is 2.04. The van der Waals surface area contributed by atoms with Gasteiger partial charge < -0.3 is 15.0 Å². The molecule has 0 saturated carbocycles. The van der Waals surface area contributed by atoms with Crippen molar-refractivity contribution in [3.8, 4) is 0 Å². The van der Waals surface area contributed by atoms with Crippen molar-refractivity contribution in [2.45, 2.75) is 26.4 Å². The number of aryl methyl sites for hydroxylation is 1. The van der Waals surface area contributed by atoms with E-state index in [0.717, 1.165) is 0 Å². The van der Waals surface area contributed by atoms with Crippen molar-refractivity contribution in [3.05, 3.63) is 22.2 Å². The van der Waals surface area contributed by atoms with Crippen LogP contribution in [0.3, 0.4) is 0 Å². The van der Waals surface area contributed by atoms with Gasteiger partial charge in [-0.2, -0.15) is 0 Å². The Bertz CT molecular complexity index is 373. The van der Waals surface area contributed by atoms with Crippen molar-refractivity contribution in [3.63, 3.8) is 0 Å². The first kappa shape index (κ1) is 11.7. The second-order valence-electron chi connectivity index (χ2n) is 3.63. The molecule has 0 bridgehead atoms. The van der Waals surface area contributed by atoms with E-state index in [1.54, 1.807) is 18.9 Å². The van der Waals surface area contributed by atoms with Crippen LogP contribution in [0.15, 0.2) is 10.9 Å². The Morgan fingerprint density at radius 1 is 1.67 bits per heavy atom. The molecule has 1 heterocycles. The van der Waals surface area contributed by atoms with Gasteiger partial charge in [0.25, 0.3) is 5.56 Å². The zero-order chi connectivity index (χ0) is 11.4. The highest BCUT2D eigenvalue weighted by Gasteiger charge is 2.07. The normalized spacial score (nSPS) is 12.5. The molecule has 0 aromatic carbocycles. The second-order valence-corrected chi connectivity index (χ2v) is 3.63. The molecule has 0 aliphatic rings. The van der Waals surface area contributed by atoms with Gasteiger partial charge in [0.15, 0.2) is 0 Å². The summed E-state index contributed by atoms with van der Waals surface area (Å²) in [7, 11) is 1.80. The second kappa shape index (κ2) is 4.93. The number of hydrogen-bond donors (Lipinski definition) is 2. The van der Waals surface area contributed by atoms with Crippen molar-refractivity contribution in [1.82, 2.24) is 9.97 Å². The minimum absolute atomic E-state index is 0.158. The van der Waals surface area contributed by atoms with Crippen LogP contribution < -0.4 is 10.5 Å². The summed E-state index contributed by atoms with van der Waals surface area (Å²) in [5, 5.41) is 9.22. The summed E-state index contributed by atoms with van der Waals surface area (Å²) in [6.07, 6.45) is 0.243. The fraction of sp³-hybridized carbons (Fsp3) is 0.600. The number of H-pyrrole nitrogens is 1. The molecular formula is C10H17N3O2. The van der Waals surface area contributed by atoms with Crippen molar-refractivity contribution in [2.75, 3.05) is 18.5 Å². The Morgan fingerprint density at radius 2 is 2.33 bits per heavy atom.